The number of benzene rings is 2. The Kier molecular flexibility index (Phi) is 7.30. The molecule has 0 amide bonds. The van der Waals surface area contributed by atoms with Crippen LogP contribution in [0.2, 0.25) is 0 Å². The van der Waals surface area contributed by atoms with Crippen molar-refractivity contribution in [3.63, 3.8) is 0 Å². The molecule has 0 unspecified atom stereocenters. The quantitative estimate of drug-likeness (QED) is 0.524. The molecule has 29 heavy (non-hydrogen) atoms. The predicted molar refractivity (Wildman–Crippen MR) is 114 cm³/mol. The third-order valence-corrected chi connectivity index (χ3v) is 4.50. The lowest BCUT2D eigenvalue weighted by Crippen LogP contribution is -2.21. The number of aromatic nitrogens is 2. The van der Waals surface area contributed by atoms with Crippen LogP contribution in [0.3, 0.4) is 0 Å². The molecule has 1 aromatic heterocycles. The fourth-order valence-corrected chi connectivity index (χ4v) is 3.00. The van der Waals surface area contributed by atoms with Crippen LogP contribution in [0.25, 0.3) is 22.5 Å². The van der Waals surface area contributed by atoms with Crippen molar-refractivity contribution in [2.75, 3.05) is 31.7 Å². The fourth-order valence-electron chi connectivity index (χ4n) is 3.00. The van der Waals surface area contributed by atoms with E-state index >= 15 is 0 Å². The third kappa shape index (κ3) is 5.86. The van der Waals surface area contributed by atoms with Gasteiger partial charge in [0.25, 0.3) is 0 Å². The molecule has 3 aromatic rings. The second-order valence-corrected chi connectivity index (χ2v) is 6.73. The summed E-state index contributed by atoms with van der Waals surface area (Å²) in [5, 5.41) is 8.58. The Morgan fingerprint density at radius 3 is 2.21 bits per heavy atom. The average molecular weight is 391 g/mol. The summed E-state index contributed by atoms with van der Waals surface area (Å²) in [7, 11) is 1.99. The van der Waals surface area contributed by atoms with E-state index in [1.54, 1.807) is 6.20 Å². The molecular formula is C23H25N3O3. The second-order valence-electron chi connectivity index (χ2n) is 6.73. The molecule has 6 heteroatoms. The summed E-state index contributed by atoms with van der Waals surface area (Å²) in [6.07, 6.45) is 3.47. The highest BCUT2D eigenvalue weighted by molar-refractivity contribution is 5.78. The van der Waals surface area contributed by atoms with Gasteiger partial charge in [-0.25, -0.2) is 9.78 Å². The van der Waals surface area contributed by atoms with Crippen LogP contribution in [0.5, 0.6) is 0 Å². The highest BCUT2D eigenvalue weighted by atomic mass is 16.5. The first-order chi connectivity index (χ1) is 14.1. The molecule has 1 N–H and O–H groups in total. The molecule has 0 bridgehead atoms. The molecule has 0 radical (unpaired) electrons. The lowest BCUT2D eigenvalue weighted by molar-refractivity contribution is -0.142. The number of ether oxygens (including phenoxy) is 1. The topological polar surface area (TPSA) is 75.5 Å². The summed E-state index contributed by atoms with van der Waals surface area (Å²) < 4.78 is 5.08. The molecule has 6 nitrogen and oxygen atoms in total. The van der Waals surface area contributed by atoms with Gasteiger partial charge in [0, 0.05) is 31.3 Å². The van der Waals surface area contributed by atoms with E-state index in [-0.39, 0.29) is 6.61 Å². The Hall–Kier alpha value is -3.25. The number of carbonyl (C=O) groups is 1. The molecule has 2 aromatic carbocycles. The number of aliphatic carboxylic acids is 1. The number of carboxylic acids is 1. The largest absolute Gasteiger partial charge is 0.480 e. The Morgan fingerprint density at radius 2 is 1.59 bits per heavy atom. The van der Waals surface area contributed by atoms with Crippen molar-refractivity contribution in [1.82, 2.24) is 9.97 Å². The van der Waals surface area contributed by atoms with Gasteiger partial charge in [-0.2, -0.15) is 0 Å². The van der Waals surface area contributed by atoms with Crippen LogP contribution >= 0.6 is 0 Å². The molecule has 0 aliphatic carbocycles. The minimum Gasteiger partial charge on any atom is -0.480 e. The lowest BCUT2D eigenvalue weighted by atomic mass is 10.0. The van der Waals surface area contributed by atoms with Gasteiger partial charge in [-0.05, 0) is 12.8 Å². The van der Waals surface area contributed by atoms with Crippen molar-refractivity contribution in [3.8, 4) is 22.5 Å². The summed E-state index contributed by atoms with van der Waals surface area (Å²) in [5.74, 6) is -0.140. The molecule has 0 saturated carbocycles. The predicted octanol–water partition coefficient (Wildman–Crippen LogP) is 4.13. The highest BCUT2D eigenvalue weighted by Crippen LogP contribution is 2.30. The molecule has 0 spiro atoms. The normalized spacial score (nSPS) is 10.7. The molecule has 0 fully saturated rings. The number of hydrogen-bond donors (Lipinski definition) is 1. The molecule has 0 aliphatic rings. The maximum absolute atomic E-state index is 10.5. The van der Waals surface area contributed by atoms with Gasteiger partial charge in [0.1, 0.15) is 12.4 Å². The summed E-state index contributed by atoms with van der Waals surface area (Å²) in [6.45, 7) is 0.973. The van der Waals surface area contributed by atoms with Crippen LogP contribution < -0.4 is 4.90 Å². The first-order valence-corrected chi connectivity index (χ1v) is 9.63. The first-order valence-electron chi connectivity index (χ1n) is 9.63. The van der Waals surface area contributed by atoms with E-state index in [4.69, 9.17) is 19.8 Å². The van der Waals surface area contributed by atoms with Crippen LogP contribution in [-0.2, 0) is 9.53 Å². The zero-order valence-electron chi connectivity index (χ0n) is 16.5. The molecule has 0 atom stereocenters. The molecule has 3 rings (SSSR count). The SMILES string of the molecule is CN(CCCCOCC(=O)O)c1cnc(-c2ccccc2)c(-c2ccccc2)n1. The van der Waals surface area contributed by atoms with Crippen molar-refractivity contribution in [2.24, 2.45) is 0 Å². The average Bonchev–Trinajstić information content (AvgIpc) is 2.76. The van der Waals surface area contributed by atoms with Crippen molar-refractivity contribution in [3.05, 3.63) is 66.9 Å². The van der Waals surface area contributed by atoms with Gasteiger partial charge in [0.05, 0.1) is 17.6 Å². The number of nitrogens with zero attached hydrogens (tertiary/aromatic N) is 3. The van der Waals surface area contributed by atoms with E-state index in [1.807, 2.05) is 67.7 Å². The Balaban J connectivity index is 1.74. The van der Waals surface area contributed by atoms with Crippen LogP contribution in [-0.4, -0.2) is 47.8 Å². The van der Waals surface area contributed by atoms with Gasteiger partial charge in [0.2, 0.25) is 0 Å². The van der Waals surface area contributed by atoms with Gasteiger partial charge < -0.3 is 14.7 Å². The number of carboxylic acid groups (broad SMARTS) is 1. The monoisotopic (exact) mass is 391 g/mol. The Bertz CT molecular complexity index is 917. The lowest BCUT2D eigenvalue weighted by Gasteiger charge is -2.19. The zero-order chi connectivity index (χ0) is 20.5. The standard InChI is InChI=1S/C23H25N3O3/c1-26(14-8-9-15-29-17-21(27)28)20-16-24-22(18-10-4-2-5-11-18)23(25-20)19-12-6-3-7-13-19/h2-7,10-13,16H,8-9,14-15,17H2,1H3,(H,27,28). The van der Waals surface area contributed by atoms with E-state index in [2.05, 4.69) is 4.90 Å². The summed E-state index contributed by atoms with van der Waals surface area (Å²) in [5.41, 5.74) is 3.77. The smallest absolute Gasteiger partial charge is 0.329 e. The maximum Gasteiger partial charge on any atom is 0.329 e. The van der Waals surface area contributed by atoms with Crippen LogP contribution in [0.4, 0.5) is 5.82 Å². The van der Waals surface area contributed by atoms with Crippen molar-refractivity contribution < 1.29 is 14.6 Å². The third-order valence-electron chi connectivity index (χ3n) is 4.50. The molecule has 1 heterocycles. The van der Waals surface area contributed by atoms with E-state index < -0.39 is 5.97 Å². The second kappa shape index (κ2) is 10.3. The summed E-state index contributed by atoms with van der Waals surface area (Å²) >= 11 is 0. The number of anilines is 1. The van der Waals surface area contributed by atoms with E-state index in [0.29, 0.717) is 6.61 Å². The van der Waals surface area contributed by atoms with E-state index in [9.17, 15) is 4.79 Å². The van der Waals surface area contributed by atoms with Crippen molar-refractivity contribution in [2.45, 2.75) is 12.8 Å². The summed E-state index contributed by atoms with van der Waals surface area (Å²) in [4.78, 5) is 22.2. The molecule has 150 valence electrons. The van der Waals surface area contributed by atoms with Crippen molar-refractivity contribution >= 4 is 11.8 Å². The van der Waals surface area contributed by atoms with Gasteiger partial charge in [-0.15, -0.1) is 0 Å². The van der Waals surface area contributed by atoms with Gasteiger partial charge in [-0.3, -0.25) is 4.98 Å². The highest BCUT2D eigenvalue weighted by Gasteiger charge is 2.13. The number of hydrogen-bond acceptors (Lipinski definition) is 5. The molecular weight excluding hydrogens is 366 g/mol. The van der Waals surface area contributed by atoms with Gasteiger partial charge in [0.15, 0.2) is 0 Å². The Morgan fingerprint density at radius 1 is 0.966 bits per heavy atom. The van der Waals surface area contributed by atoms with Gasteiger partial charge >= 0.3 is 5.97 Å². The van der Waals surface area contributed by atoms with E-state index in [0.717, 1.165) is 47.7 Å². The van der Waals surface area contributed by atoms with Gasteiger partial charge in [-0.1, -0.05) is 60.7 Å². The molecule has 0 aliphatic heterocycles. The minimum absolute atomic E-state index is 0.247. The number of unbranched alkanes of at least 4 members (excludes halogenated alkanes) is 1. The summed E-state index contributed by atoms with van der Waals surface area (Å²) in [6, 6.07) is 20.1. The van der Waals surface area contributed by atoms with E-state index in [1.165, 1.54) is 0 Å². The zero-order valence-corrected chi connectivity index (χ0v) is 16.5. The van der Waals surface area contributed by atoms with Crippen LogP contribution in [0, 0.1) is 0 Å². The number of rotatable bonds is 10. The van der Waals surface area contributed by atoms with Crippen LogP contribution in [0.15, 0.2) is 66.9 Å². The van der Waals surface area contributed by atoms with Crippen molar-refractivity contribution in [1.29, 1.82) is 0 Å². The molecule has 0 saturated heterocycles. The minimum atomic E-state index is -0.940. The fraction of sp³-hybridized carbons (Fsp3) is 0.261. The Labute approximate surface area is 170 Å². The maximum atomic E-state index is 10.5. The first kappa shape index (κ1) is 20.5. The van der Waals surface area contributed by atoms with Crippen LogP contribution in [0.1, 0.15) is 12.8 Å².